The minimum Gasteiger partial charge on any atom is -0.480 e. The summed E-state index contributed by atoms with van der Waals surface area (Å²) in [5.41, 5.74) is 0.229. The molecule has 2 rings (SSSR count). The third kappa shape index (κ3) is 2.25. The number of aromatic nitrogens is 1. The van der Waals surface area contributed by atoms with Gasteiger partial charge in [-0.3, -0.25) is 10.1 Å². The number of carboxylic acid groups (broad SMARTS) is 1. The molecule has 1 aromatic rings. The van der Waals surface area contributed by atoms with Crippen LogP contribution in [0.25, 0.3) is 0 Å². The number of carbonyl (C=O) groups is 1. The number of thiazole rings is 1. The van der Waals surface area contributed by atoms with Gasteiger partial charge in [0.1, 0.15) is 5.54 Å². The van der Waals surface area contributed by atoms with E-state index >= 15 is 0 Å². The molecule has 1 fully saturated rings. The van der Waals surface area contributed by atoms with Gasteiger partial charge in [0.2, 0.25) is 0 Å². The quantitative estimate of drug-likeness (QED) is 0.844. The Bertz CT molecular complexity index is 383. The van der Waals surface area contributed by atoms with Crippen molar-refractivity contribution in [3.8, 4) is 0 Å². The topological polar surface area (TPSA) is 62.2 Å². The molecule has 1 aliphatic rings. The van der Waals surface area contributed by atoms with E-state index in [1.807, 2.05) is 12.3 Å². The Kier molecular flexibility index (Phi) is 3.25. The lowest BCUT2D eigenvalue weighted by Crippen LogP contribution is -2.49. The zero-order chi connectivity index (χ0) is 11.6. The monoisotopic (exact) mass is 240 g/mol. The van der Waals surface area contributed by atoms with Crippen molar-refractivity contribution in [1.29, 1.82) is 0 Å². The molecule has 0 unspecified atom stereocenters. The molecule has 0 aromatic carbocycles. The van der Waals surface area contributed by atoms with Crippen LogP contribution in [0.5, 0.6) is 0 Å². The molecule has 5 heteroatoms. The lowest BCUT2D eigenvalue weighted by molar-refractivity contribution is -0.144. The summed E-state index contributed by atoms with van der Waals surface area (Å²) in [5, 5.41) is 15.4. The van der Waals surface area contributed by atoms with Crippen LogP contribution < -0.4 is 5.32 Å². The van der Waals surface area contributed by atoms with Crippen LogP contribution in [0, 0.1) is 6.92 Å². The number of nitrogens with one attached hydrogen (secondary N) is 1. The first-order valence-electron chi connectivity index (χ1n) is 5.52. The van der Waals surface area contributed by atoms with Gasteiger partial charge >= 0.3 is 5.97 Å². The van der Waals surface area contributed by atoms with Gasteiger partial charge in [-0.1, -0.05) is 12.8 Å². The summed E-state index contributed by atoms with van der Waals surface area (Å²) in [6, 6.07) is 0. The Morgan fingerprint density at radius 2 is 2.31 bits per heavy atom. The Morgan fingerprint density at radius 1 is 1.62 bits per heavy atom. The molecule has 88 valence electrons. The van der Waals surface area contributed by atoms with Gasteiger partial charge in [0.15, 0.2) is 0 Å². The molecule has 1 heterocycles. The van der Waals surface area contributed by atoms with E-state index < -0.39 is 11.5 Å². The van der Waals surface area contributed by atoms with Crippen LogP contribution >= 0.6 is 11.3 Å². The molecule has 0 bridgehead atoms. The van der Waals surface area contributed by atoms with Crippen LogP contribution in [-0.4, -0.2) is 21.6 Å². The summed E-state index contributed by atoms with van der Waals surface area (Å²) in [6.07, 6.45) is 3.45. The van der Waals surface area contributed by atoms with Crippen molar-refractivity contribution in [3.05, 3.63) is 16.1 Å². The number of hydrogen-bond donors (Lipinski definition) is 2. The van der Waals surface area contributed by atoms with Crippen molar-refractivity contribution in [2.45, 2.75) is 44.7 Å². The molecule has 1 saturated carbocycles. The first-order chi connectivity index (χ1) is 7.62. The summed E-state index contributed by atoms with van der Waals surface area (Å²) >= 11 is 1.60. The molecule has 0 radical (unpaired) electrons. The average Bonchev–Trinajstić information content (AvgIpc) is 2.84. The van der Waals surface area contributed by atoms with E-state index in [9.17, 15) is 9.90 Å². The van der Waals surface area contributed by atoms with Crippen LogP contribution in [-0.2, 0) is 11.3 Å². The fraction of sp³-hybridized carbons (Fsp3) is 0.636. The van der Waals surface area contributed by atoms with E-state index in [0.29, 0.717) is 6.54 Å². The average molecular weight is 240 g/mol. The summed E-state index contributed by atoms with van der Waals surface area (Å²) in [6.45, 7) is 2.51. The number of rotatable bonds is 4. The molecule has 0 spiro atoms. The van der Waals surface area contributed by atoms with Gasteiger partial charge in [-0.25, -0.2) is 4.98 Å². The number of carboxylic acids is 1. The highest BCUT2D eigenvalue weighted by atomic mass is 32.1. The van der Waals surface area contributed by atoms with Gasteiger partial charge < -0.3 is 5.11 Å². The second-order valence-electron chi connectivity index (χ2n) is 4.31. The first-order valence-corrected chi connectivity index (χ1v) is 6.40. The maximum absolute atomic E-state index is 11.3. The Morgan fingerprint density at radius 3 is 2.81 bits per heavy atom. The summed E-state index contributed by atoms with van der Waals surface area (Å²) < 4.78 is 0. The molecular weight excluding hydrogens is 224 g/mol. The SMILES string of the molecule is Cc1nc(CNC2(C(=O)O)CCCC2)cs1. The zero-order valence-corrected chi connectivity index (χ0v) is 10.1. The fourth-order valence-electron chi connectivity index (χ4n) is 2.19. The van der Waals surface area contributed by atoms with Gasteiger partial charge in [-0.2, -0.15) is 0 Å². The minimum atomic E-state index is -0.725. The Labute approximate surface area is 98.7 Å². The van der Waals surface area contributed by atoms with E-state index in [1.54, 1.807) is 11.3 Å². The third-order valence-electron chi connectivity index (χ3n) is 3.14. The van der Waals surface area contributed by atoms with Gasteiger partial charge in [-0.05, 0) is 19.8 Å². The summed E-state index contributed by atoms with van der Waals surface area (Å²) in [4.78, 5) is 15.6. The molecule has 4 nitrogen and oxygen atoms in total. The predicted octanol–water partition coefficient (Wildman–Crippen LogP) is 1.94. The number of nitrogens with zero attached hydrogens (tertiary/aromatic N) is 1. The predicted molar refractivity (Wildman–Crippen MR) is 62.5 cm³/mol. The second-order valence-corrected chi connectivity index (χ2v) is 5.37. The van der Waals surface area contributed by atoms with E-state index in [2.05, 4.69) is 10.3 Å². The van der Waals surface area contributed by atoms with E-state index in [1.165, 1.54) is 0 Å². The lowest BCUT2D eigenvalue weighted by atomic mass is 9.98. The Balaban J connectivity index is 1.99. The smallest absolute Gasteiger partial charge is 0.323 e. The number of hydrogen-bond acceptors (Lipinski definition) is 4. The highest BCUT2D eigenvalue weighted by Crippen LogP contribution is 2.30. The van der Waals surface area contributed by atoms with Gasteiger partial charge in [0.05, 0.1) is 10.7 Å². The van der Waals surface area contributed by atoms with Crippen molar-refractivity contribution < 1.29 is 9.90 Å². The molecule has 0 aliphatic heterocycles. The molecule has 0 saturated heterocycles. The van der Waals surface area contributed by atoms with Crippen LogP contribution in [0.2, 0.25) is 0 Å². The second kappa shape index (κ2) is 4.51. The first kappa shape index (κ1) is 11.5. The van der Waals surface area contributed by atoms with Crippen molar-refractivity contribution in [3.63, 3.8) is 0 Å². The number of aliphatic carboxylic acids is 1. The Hall–Kier alpha value is -0.940. The molecule has 0 amide bonds. The van der Waals surface area contributed by atoms with Crippen molar-refractivity contribution in [1.82, 2.24) is 10.3 Å². The fourth-order valence-corrected chi connectivity index (χ4v) is 2.81. The van der Waals surface area contributed by atoms with Gasteiger partial charge in [-0.15, -0.1) is 11.3 Å². The molecule has 1 aromatic heterocycles. The molecule has 2 N–H and O–H groups in total. The van der Waals surface area contributed by atoms with Crippen molar-refractivity contribution >= 4 is 17.3 Å². The molecule has 1 aliphatic carbocycles. The van der Waals surface area contributed by atoms with Crippen LogP contribution in [0.4, 0.5) is 0 Å². The zero-order valence-electron chi connectivity index (χ0n) is 9.32. The van der Waals surface area contributed by atoms with Crippen molar-refractivity contribution in [2.75, 3.05) is 0 Å². The highest BCUT2D eigenvalue weighted by molar-refractivity contribution is 7.09. The van der Waals surface area contributed by atoms with Crippen LogP contribution in [0.15, 0.2) is 5.38 Å². The normalized spacial score (nSPS) is 18.8. The standard InChI is InChI=1S/C11H16N2O2S/c1-8-13-9(7-16-8)6-12-11(10(14)15)4-2-3-5-11/h7,12H,2-6H2,1H3,(H,14,15). The van der Waals surface area contributed by atoms with E-state index in [-0.39, 0.29) is 0 Å². The lowest BCUT2D eigenvalue weighted by Gasteiger charge is -2.24. The van der Waals surface area contributed by atoms with E-state index in [0.717, 1.165) is 36.4 Å². The van der Waals surface area contributed by atoms with Crippen LogP contribution in [0.1, 0.15) is 36.4 Å². The summed E-state index contributed by atoms with van der Waals surface area (Å²) in [5.74, 6) is -0.725. The van der Waals surface area contributed by atoms with Gasteiger partial charge in [0, 0.05) is 11.9 Å². The van der Waals surface area contributed by atoms with Gasteiger partial charge in [0.25, 0.3) is 0 Å². The minimum absolute atomic E-state index is 0.552. The molecular formula is C11H16N2O2S. The maximum Gasteiger partial charge on any atom is 0.323 e. The number of aryl methyl sites for hydroxylation is 1. The summed E-state index contributed by atoms with van der Waals surface area (Å²) in [7, 11) is 0. The maximum atomic E-state index is 11.3. The highest BCUT2D eigenvalue weighted by Gasteiger charge is 2.40. The van der Waals surface area contributed by atoms with Crippen LogP contribution in [0.3, 0.4) is 0 Å². The molecule has 16 heavy (non-hydrogen) atoms. The largest absolute Gasteiger partial charge is 0.480 e. The van der Waals surface area contributed by atoms with E-state index in [4.69, 9.17) is 0 Å². The van der Waals surface area contributed by atoms with Crippen molar-refractivity contribution in [2.24, 2.45) is 0 Å². The molecule has 0 atom stereocenters. The third-order valence-corrected chi connectivity index (χ3v) is 3.96.